The van der Waals surface area contributed by atoms with E-state index in [1.807, 2.05) is 25.1 Å². The Labute approximate surface area is 215 Å². The van der Waals surface area contributed by atoms with Crippen LogP contribution in [0.3, 0.4) is 0 Å². The molecule has 0 saturated heterocycles. The molecule has 4 aromatic carbocycles. The van der Waals surface area contributed by atoms with Gasteiger partial charge in [-0.05, 0) is 84.5 Å². The Kier molecular flexibility index (Phi) is 8.09. The molecule has 0 aliphatic heterocycles. The Bertz CT molecular complexity index is 1470. The van der Waals surface area contributed by atoms with E-state index < -0.39 is 29.6 Å². The van der Waals surface area contributed by atoms with Crippen molar-refractivity contribution >= 4 is 10.8 Å². The normalized spacial score (nSPS) is 12.0. The summed E-state index contributed by atoms with van der Waals surface area (Å²) >= 11 is 0. The summed E-state index contributed by atoms with van der Waals surface area (Å²) in [6.45, 7) is 1.93. The van der Waals surface area contributed by atoms with E-state index in [9.17, 15) is 26.3 Å². The third kappa shape index (κ3) is 6.36. The lowest BCUT2D eigenvalue weighted by Gasteiger charge is -2.12. The Balaban J connectivity index is 1.52. The highest BCUT2D eigenvalue weighted by Crippen LogP contribution is 2.32. The molecule has 0 saturated carbocycles. The van der Waals surface area contributed by atoms with Gasteiger partial charge in [0.2, 0.25) is 5.75 Å². The molecule has 0 amide bonds. The van der Waals surface area contributed by atoms with Crippen LogP contribution in [0.15, 0.2) is 72.8 Å². The summed E-state index contributed by atoms with van der Waals surface area (Å²) in [7, 11) is 0. The number of allylic oxidation sites excluding steroid dienone is 2. The van der Waals surface area contributed by atoms with Gasteiger partial charge in [0.1, 0.15) is 11.6 Å². The maximum Gasteiger partial charge on any atom is 0.573 e. The first-order valence-electron chi connectivity index (χ1n) is 11.9. The molecule has 0 aromatic heterocycles. The van der Waals surface area contributed by atoms with Crippen molar-refractivity contribution in [3.05, 3.63) is 113 Å². The maximum absolute atomic E-state index is 15.2. The van der Waals surface area contributed by atoms with Gasteiger partial charge in [-0.15, -0.1) is 13.2 Å². The summed E-state index contributed by atoms with van der Waals surface area (Å²) in [4.78, 5) is 0. The highest BCUT2D eigenvalue weighted by atomic mass is 19.4. The Morgan fingerprint density at radius 3 is 2.11 bits per heavy atom. The monoisotopic (exact) mass is 532 g/mol. The van der Waals surface area contributed by atoms with E-state index in [1.165, 1.54) is 12.1 Å². The molecule has 0 radical (unpaired) electrons. The largest absolute Gasteiger partial charge is 0.573 e. The number of halogens is 7. The summed E-state index contributed by atoms with van der Waals surface area (Å²) in [5.41, 5.74) is 2.18. The molecule has 0 fully saturated rings. The standard InChI is InChI=1S/C30H23F7O/c1-2-3-4-5-18-7-12-23(25(31)14-18)21-11-13-24-22(17-21)10-9-20(28(24)34)8-6-19-15-26(32)29(27(33)16-19)38-30(35,36)37/h2-3,7,9-17H,4-6,8H2,1H3/b3-2+. The number of alkyl halides is 3. The third-order valence-electron chi connectivity index (χ3n) is 6.17. The van der Waals surface area contributed by atoms with Crippen molar-refractivity contribution in [2.24, 2.45) is 0 Å². The fraction of sp³-hybridized carbons (Fsp3) is 0.200. The second-order valence-electron chi connectivity index (χ2n) is 8.83. The Morgan fingerprint density at radius 1 is 0.737 bits per heavy atom. The number of aryl methyl sites for hydroxylation is 3. The molecule has 38 heavy (non-hydrogen) atoms. The Hall–Kier alpha value is -3.81. The molecule has 1 nitrogen and oxygen atoms in total. The molecule has 198 valence electrons. The van der Waals surface area contributed by atoms with Gasteiger partial charge in [-0.1, -0.05) is 48.6 Å². The second-order valence-corrected chi connectivity index (χ2v) is 8.83. The van der Waals surface area contributed by atoms with Gasteiger partial charge in [-0.25, -0.2) is 17.6 Å². The van der Waals surface area contributed by atoms with Gasteiger partial charge in [0, 0.05) is 10.9 Å². The topological polar surface area (TPSA) is 9.23 Å². The molecule has 0 aliphatic rings. The van der Waals surface area contributed by atoms with Crippen molar-refractivity contribution in [2.45, 2.75) is 39.0 Å². The van der Waals surface area contributed by atoms with Crippen LogP contribution in [0, 0.1) is 23.3 Å². The van der Waals surface area contributed by atoms with Crippen LogP contribution in [-0.4, -0.2) is 6.36 Å². The van der Waals surface area contributed by atoms with Crippen LogP contribution in [0.4, 0.5) is 30.7 Å². The van der Waals surface area contributed by atoms with Crippen LogP contribution < -0.4 is 4.74 Å². The van der Waals surface area contributed by atoms with Gasteiger partial charge < -0.3 is 4.74 Å². The van der Waals surface area contributed by atoms with Crippen molar-refractivity contribution in [1.29, 1.82) is 0 Å². The lowest BCUT2D eigenvalue weighted by molar-refractivity contribution is -0.276. The van der Waals surface area contributed by atoms with Crippen LogP contribution in [0.1, 0.15) is 30.0 Å². The van der Waals surface area contributed by atoms with Gasteiger partial charge in [0.05, 0.1) is 0 Å². The summed E-state index contributed by atoms with van der Waals surface area (Å²) in [6, 6.07) is 14.6. The minimum Gasteiger partial charge on any atom is -0.399 e. The first kappa shape index (κ1) is 27.2. The lowest BCUT2D eigenvalue weighted by Crippen LogP contribution is -2.19. The van der Waals surface area contributed by atoms with E-state index in [0.717, 1.165) is 30.5 Å². The van der Waals surface area contributed by atoms with E-state index in [0.29, 0.717) is 21.9 Å². The zero-order valence-corrected chi connectivity index (χ0v) is 20.3. The van der Waals surface area contributed by atoms with Crippen LogP contribution in [0.5, 0.6) is 5.75 Å². The van der Waals surface area contributed by atoms with Gasteiger partial charge >= 0.3 is 6.36 Å². The van der Waals surface area contributed by atoms with Gasteiger partial charge in [0.15, 0.2) is 11.6 Å². The molecular formula is C30H23F7O. The lowest BCUT2D eigenvalue weighted by atomic mass is 9.96. The van der Waals surface area contributed by atoms with Crippen LogP contribution >= 0.6 is 0 Å². The van der Waals surface area contributed by atoms with Gasteiger partial charge in [-0.3, -0.25) is 0 Å². The smallest absolute Gasteiger partial charge is 0.399 e. The third-order valence-corrected chi connectivity index (χ3v) is 6.17. The van der Waals surface area contributed by atoms with Crippen molar-refractivity contribution in [2.75, 3.05) is 0 Å². The minimum absolute atomic E-state index is 0.0216. The average Bonchev–Trinajstić information content (AvgIpc) is 2.85. The average molecular weight is 532 g/mol. The molecule has 4 aromatic rings. The van der Waals surface area contributed by atoms with Crippen LogP contribution in [0.2, 0.25) is 0 Å². The number of hydrogen-bond acceptors (Lipinski definition) is 1. The predicted octanol–water partition coefficient (Wildman–Crippen LogP) is 9.26. The van der Waals surface area contributed by atoms with E-state index in [2.05, 4.69) is 4.74 Å². The molecule has 0 N–H and O–H groups in total. The fourth-order valence-corrected chi connectivity index (χ4v) is 4.31. The van der Waals surface area contributed by atoms with Crippen molar-refractivity contribution < 1.29 is 35.5 Å². The number of hydrogen-bond donors (Lipinski definition) is 0. The highest BCUT2D eigenvalue weighted by Gasteiger charge is 2.34. The highest BCUT2D eigenvalue weighted by molar-refractivity contribution is 5.88. The molecule has 0 spiro atoms. The van der Waals surface area contributed by atoms with Crippen molar-refractivity contribution in [3.63, 3.8) is 0 Å². The molecule has 8 heteroatoms. The molecule has 0 aliphatic carbocycles. The van der Waals surface area contributed by atoms with Crippen molar-refractivity contribution in [3.8, 4) is 16.9 Å². The number of rotatable bonds is 8. The van der Waals surface area contributed by atoms with Gasteiger partial charge in [-0.2, -0.15) is 0 Å². The number of benzene rings is 4. The molecule has 0 atom stereocenters. The number of fused-ring (bicyclic) bond motifs is 1. The summed E-state index contributed by atoms with van der Waals surface area (Å²) in [5, 5.41) is 0.840. The van der Waals surface area contributed by atoms with Crippen molar-refractivity contribution in [1.82, 2.24) is 0 Å². The summed E-state index contributed by atoms with van der Waals surface area (Å²) < 4.78 is 98.4. The molecule has 0 unspecified atom stereocenters. The minimum atomic E-state index is -5.24. The van der Waals surface area contributed by atoms with E-state index in [1.54, 1.807) is 30.3 Å². The van der Waals surface area contributed by atoms with E-state index >= 15 is 4.39 Å². The van der Waals surface area contributed by atoms with Gasteiger partial charge in [0.25, 0.3) is 0 Å². The summed E-state index contributed by atoms with van der Waals surface area (Å²) in [6.07, 6.45) is 0.276. The zero-order valence-electron chi connectivity index (χ0n) is 20.3. The Morgan fingerprint density at radius 2 is 1.45 bits per heavy atom. The first-order valence-corrected chi connectivity index (χ1v) is 11.9. The quantitative estimate of drug-likeness (QED) is 0.162. The maximum atomic E-state index is 15.2. The molecule has 4 rings (SSSR count). The second kappa shape index (κ2) is 11.3. The predicted molar refractivity (Wildman–Crippen MR) is 133 cm³/mol. The molecule has 0 heterocycles. The van der Waals surface area contributed by atoms with E-state index in [4.69, 9.17) is 0 Å². The SMILES string of the molecule is C/C=C/CCc1ccc(-c2ccc3c(F)c(CCc4cc(F)c(OC(F)(F)F)c(F)c4)ccc3c2)c(F)c1. The molecule has 0 bridgehead atoms. The zero-order chi connectivity index (χ0) is 27.4. The molecular weight excluding hydrogens is 509 g/mol. The number of ether oxygens (including phenoxy) is 1. The fourth-order valence-electron chi connectivity index (χ4n) is 4.31. The summed E-state index contributed by atoms with van der Waals surface area (Å²) in [5.74, 6) is -5.44. The van der Waals surface area contributed by atoms with Crippen LogP contribution in [-0.2, 0) is 19.3 Å². The van der Waals surface area contributed by atoms with E-state index in [-0.39, 0.29) is 29.8 Å². The first-order chi connectivity index (χ1) is 18.1. The van der Waals surface area contributed by atoms with Crippen LogP contribution in [0.25, 0.3) is 21.9 Å².